The van der Waals surface area contributed by atoms with Gasteiger partial charge in [0.1, 0.15) is 0 Å². The number of hydrogen-bond donors (Lipinski definition) is 0. The molecule has 0 fully saturated rings. The van der Waals surface area contributed by atoms with Gasteiger partial charge in [-0.15, -0.1) is 0 Å². The van der Waals surface area contributed by atoms with E-state index in [0.29, 0.717) is 0 Å². The molecule has 0 unspecified atom stereocenters. The summed E-state index contributed by atoms with van der Waals surface area (Å²) in [6.07, 6.45) is 0. The van der Waals surface area contributed by atoms with Crippen LogP contribution >= 0.6 is 0 Å². The van der Waals surface area contributed by atoms with Crippen LogP contribution in [-0.2, 0) is 0 Å². The number of aryl methyl sites for hydroxylation is 6. The van der Waals surface area contributed by atoms with Crippen molar-refractivity contribution < 1.29 is 0 Å². The first-order chi connectivity index (χ1) is 49.1. The Hall–Kier alpha value is -12.1. The third-order valence-electron chi connectivity index (χ3n) is 22.2. The molecule has 4 aliphatic rings. The maximum atomic E-state index is 2.71. The molecule has 20 rings (SSSR count). The predicted octanol–water partition coefficient (Wildman–Crippen LogP) is 21.3. The van der Waals surface area contributed by atoms with E-state index in [4.69, 9.17) is 0 Å². The van der Waals surface area contributed by atoms with E-state index >= 15 is 0 Å². The second-order valence-corrected chi connectivity index (χ2v) is 28.2. The van der Waals surface area contributed by atoms with E-state index in [0.717, 1.165) is 45.5 Å². The van der Waals surface area contributed by atoms with Gasteiger partial charge in [-0.3, -0.25) is 0 Å². The van der Waals surface area contributed by atoms with Crippen LogP contribution in [0.15, 0.2) is 303 Å². The molecule has 0 bridgehead atoms. The van der Waals surface area contributed by atoms with E-state index in [9.17, 15) is 0 Å². The summed E-state index contributed by atoms with van der Waals surface area (Å²) in [6, 6.07) is 115. The van der Waals surface area contributed by atoms with Crippen molar-refractivity contribution in [1.82, 2.24) is 0 Å². The van der Waals surface area contributed by atoms with Crippen LogP contribution < -0.4 is 52.4 Å². The first-order valence-corrected chi connectivity index (χ1v) is 35.2. The molecule has 0 aliphatic carbocycles. The average Bonchev–Trinajstić information content (AvgIpc) is 0.663. The molecule has 0 N–H and O–H groups in total. The summed E-state index contributed by atoms with van der Waals surface area (Å²) in [6.45, 7) is 13.6. The van der Waals surface area contributed by atoms with Gasteiger partial charge >= 0.3 is 0 Å². The Morgan fingerprint density at radius 2 is 0.550 bits per heavy atom. The molecule has 0 amide bonds. The molecule has 0 saturated carbocycles. The van der Waals surface area contributed by atoms with Crippen molar-refractivity contribution in [2.75, 3.05) is 19.6 Å². The van der Waals surface area contributed by atoms with Gasteiger partial charge in [-0.05, 0) is 284 Å². The lowest BCUT2D eigenvalue weighted by Crippen LogP contribution is -2.60. The van der Waals surface area contributed by atoms with Crippen molar-refractivity contribution in [2.45, 2.75) is 41.5 Å². The van der Waals surface area contributed by atoms with Gasteiger partial charge in [-0.25, -0.2) is 0 Å². The Morgan fingerprint density at radius 1 is 0.240 bits per heavy atom. The summed E-state index contributed by atoms with van der Waals surface area (Å²) < 4.78 is 0. The monoisotopic (exact) mass is 1270 g/mol. The molecule has 0 spiro atoms. The normalized spacial score (nSPS) is 12.8. The van der Waals surface area contributed by atoms with E-state index in [1.54, 1.807) is 0 Å². The van der Waals surface area contributed by atoms with Crippen molar-refractivity contribution in [3.8, 4) is 44.5 Å². The minimum Gasteiger partial charge on any atom is -0.311 e. The molecule has 16 aromatic carbocycles. The zero-order valence-corrected chi connectivity index (χ0v) is 56.8. The smallest absolute Gasteiger partial charge is 0.248 e. The number of hydrogen-bond acceptors (Lipinski definition) is 4. The Kier molecular flexibility index (Phi) is 12.9. The van der Waals surface area contributed by atoms with Crippen LogP contribution in [0.5, 0.6) is 0 Å². The van der Waals surface area contributed by atoms with E-state index < -0.39 is 0 Å². The molecule has 4 nitrogen and oxygen atoms in total. The van der Waals surface area contributed by atoms with Crippen molar-refractivity contribution in [3.05, 3.63) is 337 Å². The fraction of sp³-hybridized carbons (Fsp3) is 0.0638. The van der Waals surface area contributed by atoms with Crippen molar-refractivity contribution in [1.29, 1.82) is 0 Å². The minimum atomic E-state index is -0.132. The average molecular weight is 1280 g/mol. The standard InChI is InChI=1S/C94H68B2N4/c1-57-45-59(3)87(60(4)46-57)71-53-73-77-49-69(97(63-29-13-7-14-30-63)64-31-15-8-16-32-64)51-85-93(77)96(80-42-26-28-44-84(80)99(85)67-37-21-11-22-38-67)82-56-76-72(88-61(5)47-58(2)48-62(88)6)54-74-78-50-70(98(65-33-17-9-18-34-65)66-35-19-10-20-36-66)52-86-94(78)95(81-55-75(71)91(89(73)82)92(76)90(74)81)79-41-25-27-43-83(79)100(86)68-39-23-12-24-40-68/h7-56H,1-6H3. The highest BCUT2D eigenvalue weighted by Gasteiger charge is 2.47. The Balaban J connectivity index is 1.01. The van der Waals surface area contributed by atoms with Gasteiger partial charge in [0.15, 0.2) is 0 Å². The lowest BCUT2D eigenvalue weighted by molar-refractivity contribution is 1.25. The topological polar surface area (TPSA) is 13.0 Å². The second-order valence-electron chi connectivity index (χ2n) is 28.2. The molecular formula is C94H68B2N4. The number of para-hydroxylation sites is 8. The minimum absolute atomic E-state index is 0.132. The lowest BCUT2D eigenvalue weighted by Gasteiger charge is -2.43. The number of benzene rings is 16. The van der Waals surface area contributed by atoms with Gasteiger partial charge in [0.25, 0.3) is 0 Å². The summed E-state index contributed by atoms with van der Waals surface area (Å²) in [4.78, 5) is 10.1. The molecule has 4 heterocycles. The third-order valence-corrected chi connectivity index (χ3v) is 22.2. The van der Waals surface area contributed by atoms with Gasteiger partial charge < -0.3 is 19.6 Å². The molecule has 0 saturated heterocycles. The summed E-state index contributed by atoms with van der Waals surface area (Å²) in [5.41, 5.74) is 39.3. The fourth-order valence-electron chi connectivity index (χ4n) is 18.7. The number of fused-ring (bicyclic) bond motifs is 8. The SMILES string of the molecule is Cc1cc(C)c(-c2cc3c4c(cc5c(-c6c(C)cc(C)cc6C)cc6c7c(cc2c4c57)B2c4ccccc4N(c4ccccc4)c4cc(N(c5ccccc5)c5ccccc5)cc-6c42)B2c4ccccc4N(c4ccccc4)c4cc(N(c5ccccc5)c5ccccc5)cc-3c42)c(C)c1. The maximum Gasteiger partial charge on any atom is 0.248 e. The van der Waals surface area contributed by atoms with Gasteiger partial charge in [-0.2, -0.15) is 0 Å². The Bertz CT molecular complexity index is 5560. The zero-order chi connectivity index (χ0) is 66.8. The van der Waals surface area contributed by atoms with Gasteiger partial charge in [0.2, 0.25) is 13.4 Å². The molecule has 16 aromatic rings. The summed E-state index contributed by atoms with van der Waals surface area (Å²) in [5, 5.41) is 7.90. The van der Waals surface area contributed by atoms with Crippen LogP contribution in [0.25, 0.3) is 76.8 Å². The third kappa shape index (κ3) is 8.50. The van der Waals surface area contributed by atoms with E-state index in [2.05, 4.69) is 364 Å². The highest BCUT2D eigenvalue weighted by molar-refractivity contribution is 7.02. The summed E-state index contributed by atoms with van der Waals surface area (Å²) in [7, 11) is 0. The molecule has 0 radical (unpaired) electrons. The summed E-state index contributed by atoms with van der Waals surface area (Å²) >= 11 is 0. The van der Waals surface area contributed by atoms with Crippen LogP contribution in [-0.4, -0.2) is 13.4 Å². The van der Waals surface area contributed by atoms with Crippen molar-refractivity contribution in [2.24, 2.45) is 0 Å². The highest BCUT2D eigenvalue weighted by atomic mass is 15.2. The quantitative estimate of drug-likeness (QED) is 0.0999. The molecule has 100 heavy (non-hydrogen) atoms. The van der Waals surface area contributed by atoms with Gasteiger partial charge in [0.05, 0.1) is 0 Å². The van der Waals surface area contributed by atoms with Crippen molar-refractivity contribution >= 4 is 147 Å². The summed E-state index contributed by atoms with van der Waals surface area (Å²) in [5.74, 6) is 0. The van der Waals surface area contributed by atoms with Gasteiger partial charge in [-0.1, -0.05) is 204 Å². The Labute approximate surface area is 585 Å². The maximum absolute atomic E-state index is 2.71. The van der Waals surface area contributed by atoms with Crippen LogP contribution in [0.3, 0.4) is 0 Å². The molecule has 4 aliphatic heterocycles. The number of nitrogens with zero attached hydrogens (tertiary/aromatic N) is 4. The zero-order valence-electron chi connectivity index (χ0n) is 56.8. The van der Waals surface area contributed by atoms with Crippen molar-refractivity contribution in [3.63, 3.8) is 0 Å². The molecule has 0 aromatic heterocycles. The second kappa shape index (κ2) is 22.2. The van der Waals surface area contributed by atoms with Gasteiger partial charge in [0, 0.05) is 68.2 Å². The number of rotatable bonds is 10. The first-order valence-electron chi connectivity index (χ1n) is 35.2. The molecule has 470 valence electrons. The molecule has 0 atom stereocenters. The van der Waals surface area contributed by atoms with Crippen LogP contribution in [0.2, 0.25) is 0 Å². The Morgan fingerprint density at radius 3 is 0.890 bits per heavy atom. The first kappa shape index (κ1) is 58.1. The van der Waals surface area contributed by atoms with Crippen LogP contribution in [0.4, 0.5) is 68.2 Å². The lowest BCUT2D eigenvalue weighted by atomic mass is 9.31. The predicted molar refractivity (Wildman–Crippen MR) is 428 cm³/mol. The molecular weight excluding hydrogens is 1210 g/mol. The largest absolute Gasteiger partial charge is 0.311 e. The fourth-order valence-corrected chi connectivity index (χ4v) is 18.7. The van der Waals surface area contributed by atoms with Crippen LogP contribution in [0, 0.1) is 41.5 Å². The van der Waals surface area contributed by atoms with E-state index in [1.165, 1.54) is 166 Å². The number of anilines is 12. The van der Waals surface area contributed by atoms with Crippen LogP contribution in [0.1, 0.15) is 33.4 Å². The molecule has 6 heteroatoms. The highest BCUT2D eigenvalue weighted by Crippen LogP contribution is 2.55. The van der Waals surface area contributed by atoms with E-state index in [1.807, 2.05) is 0 Å². The van der Waals surface area contributed by atoms with E-state index in [-0.39, 0.29) is 13.4 Å².